The van der Waals surface area contributed by atoms with Crippen LogP contribution >= 0.6 is 0 Å². The molecule has 3 rings (SSSR count). The smallest absolute Gasteiger partial charge is 0.417 e. The predicted octanol–water partition coefficient (Wildman–Crippen LogP) is 2.91. The lowest BCUT2D eigenvalue weighted by Crippen LogP contribution is -2.42. The van der Waals surface area contributed by atoms with Crippen LogP contribution in [0.5, 0.6) is 0 Å². The van der Waals surface area contributed by atoms with E-state index in [0.29, 0.717) is 19.3 Å². The van der Waals surface area contributed by atoms with E-state index in [9.17, 15) is 22.8 Å². The third kappa shape index (κ3) is 4.76. The van der Waals surface area contributed by atoms with Crippen molar-refractivity contribution < 1.29 is 32.2 Å². The van der Waals surface area contributed by atoms with Crippen LogP contribution in [0.1, 0.15) is 32.0 Å². The molecule has 0 saturated carbocycles. The lowest BCUT2D eigenvalue weighted by atomic mass is 9.95. The summed E-state index contributed by atoms with van der Waals surface area (Å²) in [7, 11) is 1.56. The number of nitrogens with zero attached hydrogens (tertiary/aromatic N) is 2. The van der Waals surface area contributed by atoms with Crippen LogP contribution in [0.15, 0.2) is 24.0 Å². The van der Waals surface area contributed by atoms with Crippen LogP contribution in [0.25, 0.3) is 0 Å². The zero-order chi connectivity index (χ0) is 23.0. The van der Waals surface area contributed by atoms with E-state index >= 15 is 0 Å². The van der Waals surface area contributed by atoms with Gasteiger partial charge in [-0.05, 0) is 6.07 Å². The number of halogens is 3. The molecule has 1 aromatic heterocycles. The molecular formula is C20H25F3N4O4. The van der Waals surface area contributed by atoms with E-state index in [-0.39, 0.29) is 17.9 Å². The molecule has 1 fully saturated rings. The number of fused-ring (bicyclic) bond motifs is 1. The van der Waals surface area contributed by atoms with Crippen molar-refractivity contribution in [1.29, 1.82) is 0 Å². The number of likely N-dealkylation sites (tertiary alicyclic amines) is 1. The van der Waals surface area contributed by atoms with Crippen molar-refractivity contribution >= 4 is 17.7 Å². The molecule has 1 unspecified atom stereocenters. The molecule has 0 radical (unpaired) electrons. The van der Waals surface area contributed by atoms with Crippen molar-refractivity contribution in [2.45, 2.75) is 39.2 Å². The van der Waals surface area contributed by atoms with Crippen molar-refractivity contribution in [3.05, 3.63) is 35.3 Å². The number of ether oxygens (including phenoxy) is 2. The van der Waals surface area contributed by atoms with Gasteiger partial charge in [-0.3, -0.25) is 9.78 Å². The van der Waals surface area contributed by atoms with Crippen LogP contribution in [-0.2, 0) is 27.1 Å². The second-order valence-corrected chi connectivity index (χ2v) is 8.58. The summed E-state index contributed by atoms with van der Waals surface area (Å²) in [6, 6.07) is 0.788. The molecular weight excluding hydrogens is 417 g/mol. The van der Waals surface area contributed by atoms with Gasteiger partial charge < -0.3 is 25.0 Å². The van der Waals surface area contributed by atoms with E-state index in [1.54, 1.807) is 34.1 Å². The van der Waals surface area contributed by atoms with Gasteiger partial charge in [0.1, 0.15) is 17.9 Å². The summed E-state index contributed by atoms with van der Waals surface area (Å²) in [4.78, 5) is 30.1. The van der Waals surface area contributed by atoms with E-state index in [1.165, 1.54) is 4.90 Å². The number of aromatic nitrogens is 1. The number of alkyl halides is 3. The van der Waals surface area contributed by atoms with Gasteiger partial charge in [0.25, 0.3) is 0 Å². The largest absolute Gasteiger partial charge is 0.443 e. The molecule has 2 aliphatic heterocycles. The van der Waals surface area contributed by atoms with E-state index < -0.39 is 41.4 Å². The first-order valence-electron chi connectivity index (χ1n) is 9.63. The van der Waals surface area contributed by atoms with Gasteiger partial charge in [0.05, 0.1) is 17.8 Å². The Bertz CT molecular complexity index is 911. The van der Waals surface area contributed by atoms with Crippen LogP contribution in [0.4, 0.5) is 23.7 Å². The minimum Gasteiger partial charge on any atom is -0.443 e. The minimum atomic E-state index is -4.63. The van der Waals surface area contributed by atoms with E-state index in [1.807, 2.05) is 0 Å². The molecule has 2 N–H and O–H groups in total. The van der Waals surface area contributed by atoms with Gasteiger partial charge >= 0.3 is 12.3 Å². The molecule has 2 aliphatic rings. The van der Waals surface area contributed by atoms with Gasteiger partial charge in [0.15, 0.2) is 0 Å². The van der Waals surface area contributed by atoms with Gasteiger partial charge in [0, 0.05) is 43.6 Å². The summed E-state index contributed by atoms with van der Waals surface area (Å²) in [5.41, 5.74) is -1.68. The number of methoxy groups -OCH3 is 1. The van der Waals surface area contributed by atoms with Gasteiger partial charge in [-0.1, -0.05) is 20.8 Å². The van der Waals surface area contributed by atoms with Crippen molar-refractivity contribution in [3.63, 3.8) is 0 Å². The highest BCUT2D eigenvalue weighted by atomic mass is 19.4. The number of anilines is 1. The Hall–Kier alpha value is -2.82. The third-order valence-corrected chi connectivity index (χ3v) is 5.26. The van der Waals surface area contributed by atoms with Crippen LogP contribution < -0.4 is 10.6 Å². The molecule has 31 heavy (non-hydrogen) atoms. The van der Waals surface area contributed by atoms with Crippen LogP contribution in [0, 0.1) is 5.41 Å². The van der Waals surface area contributed by atoms with Crippen molar-refractivity contribution in [3.8, 4) is 0 Å². The van der Waals surface area contributed by atoms with Crippen molar-refractivity contribution in [2.24, 2.45) is 5.41 Å². The second kappa shape index (κ2) is 8.03. The van der Waals surface area contributed by atoms with Gasteiger partial charge in [-0.15, -0.1) is 0 Å². The fraction of sp³-hybridized carbons (Fsp3) is 0.550. The predicted molar refractivity (Wildman–Crippen MR) is 105 cm³/mol. The maximum Gasteiger partial charge on any atom is 0.417 e. The lowest BCUT2D eigenvalue weighted by molar-refractivity contribution is -0.137. The normalized spacial score (nSPS) is 20.7. The number of amides is 2. The number of nitrogens with one attached hydrogen (secondary N) is 2. The topological polar surface area (TPSA) is 92.8 Å². The summed E-state index contributed by atoms with van der Waals surface area (Å²) in [6.45, 7) is 5.62. The monoisotopic (exact) mass is 442 g/mol. The second-order valence-electron chi connectivity index (χ2n) is 8.58. The summed E-state index contributed by atoms with van der Waals surface area (Å²) >= 11 is 0. The first-order valence-corrected chi connectivity index (χ1v) is 9.63. The van der Waals surface area contributed by atoms with Crippen molar-refractivity contribution in [1.82, 2.24) is 15.2 Å². The molecule has 2 amide bonds. The van der Waals surface area contributed by atoms with E-state index in [4.69, 9.17) is 9.47 Å². The molecule has 0 aliphatic carbocycles. The molecule has 0 aromatic carbocycles. The Morgan fingerprint density at radius 1 is 1.32 bits per heavy atom. The third-order valence-electron chi connectivity index (χ3n) is 5.26. The molecule has 1 atom stereocenters. The quantitative estimate of drug-likeness (QED) is 0.745. The van der Waals surface area contributed by atoms with Crippen LogP contribution in [0.3, 0.4) is 0 Å². The Morgan fingerprint density at radius 2 is 2.03 bits per heavy atom. The van der Waals surface area contributed by atoms with Crippen LogP contribution in [-0.4, -0.2) is 54.2 Å². The van der Waals surface area contributed by atoms with E-state index in [2.05, 4.69) is 15.6 Å². The summed E-state index contributed by atoms with van der Waals surface area (Å²) < 4.78 is 50.2. The van der Waals surface area contributed by atoms with E-state index in [0.717, 1.165) is 11.6 Å². The number of carbonyl (C=O) groups is 2. The highest BCUT2D eigenvalue weighted by Gasteiger charge is 2.47. The van der Waals surface area contributed by atoms with Gasteiger partial charge in [-0.25, -0.2) is 4.79 Å². The highest BCUT2D eigenvalue weighted by molar-refractivity contribution is 5.95. The molecule has 0 bridgehead atoms. The maximum absolute atomic E-state index is 13.1. The van der Waals surface area contributed by atoms with Crippen LogP contribution in [0.2, 0.25) is 0 Å². The summed E-state index contributed by atoms with van der Waals surface area (Å²) in [6.07, 6.45) is -2.84. The number of hydrogen-bond donors (Lipinski definition) is 2. The lowest BCUT2D eigenvalue weighted by Gasteiger charge is -2.24. The Balaban J connectivity index is 1.74. The molecule has 11 heteroatoms. The Labute approximate surface area is 177 Å². The highest BCUT2D eigenvalue weighted by Crippen LogP contribution is 2.34. The fourth-order valence-electron chi connectivity index (χ4n) is 3.30. The number of rotatable bonds is 4. The number of carbonyl (C=O) groups excluding carboxylic acids is 2. The van der Waals surface area contributed by atoms with Gasteiger partial charge in [0.2, 0.25) is 5.91 Å². The number of hydrogen-bond acceptors (Lipinski definition) is 6. The minimum absolute atomic E-state index is 0.0145. The first kappa shape index (κ1) is 22.9. The zero-order valence-electron chi connectivity index (χ0n) is 17.7. The van der Waals surface area contributed by atoms with Crippen molar-refractivity contribution in [2.75, 3.05) is 32.1 Å². The standard InChI is InChI=1S/C20H25F3N4O4/c1-18(2,3)16(28)26-14-5-12(20(21,22)23)7-25-15(14)9-31-17(29)27-8-13-6-24-10-19(13,11-27)30-4/h5-7,24H,8-11H2,1-4H3,(H,26,28). The van der Waals surface area contributed by atoms with Gasteiger partial charge in [-0.2, -0.15) is 13.2 Å². The number of pyridine rings is 1. The molecule has 170 valence electrons. The molecule has 8 nitrogen and oxygen atoms in total. The first-order chi connectivity index (χ1) is 14.4. The SMILES string of the molecule is COC12CNC=C1CN(C(=O)OCc1ncc(C(F)(F)F)cc1NC(=O)C(C)(C)C)C2. The summed E-state index contributed by atoms with van der Waals surface area (Å²) in [5.74, 6) is -0.491. The molecule has 3 heterocycles. The molecule has 0 spiro atoms. The zero-order valence-corrected chi connectivity index (χ0v) is 17.7. The average molecular weight is 442 g/mol. The Kier molecular flexibility index (Phi) is 5.92. The average Bonchev–Trinajstić information content (AvgIpc) is 3.22. The molecule has 1 aromatic rings. The maximum atomic E-state index is 13.1. The molecule has 1 saturated heterocycles. The Morgan fingerprint density at radius 3 is 2.61 bits per heavy atom. The summed E-state index contributed by atoms with van der Waals surface area (Å²) in [5, 5.41) is 5.54. The fourth-order valence-corrected chi connectivity index (χ4v) is 3.30.